The van der Waals surface area contributed by atoms with Crippen molar-refractivity contribution in [2.45, 2.75) is 12.2 Å². The molecule has 0 heterocycles. The zero-order valence-electron chi connectivity index (χ0n) is 10.1. The van der Waals surface area contributed by atoms with E-state index in [0.717, 1.165) is 0 Å². The average Bonchev–Trinajstić information content (AvgIpc) is 2.43. The molecule has 1 aromatic carbocycles. The summed E-state index contributed by atoms with van der Waals surface area (Å²) in [4.78, 5) is 11.4. The van der Waals surface area contributed by atoms with E-state index in [4.69, 9.17) is 4.74 Å². The Kier molecular flexibility index (Phi) is 5.58. The maximum absolute atomic E-state index is 11.4. The zero-order chi connectivity index (χ0) is 13.7. The van der Waals surface area contributed by atoms with Crippen molar-refractivity contribution in [1.82, 2.24) is 0 Å². The Morgan fingerprint density at radius 2 is 2.06 bits per heavy atom. The fraction of sp³-hybridized carbons (Fsp3) is 0.417. The summed E-state index contributed by atoms with van der Waals surface area (Å²) < 4.78 is 9.69. The number of carbonyl (C=O) groups is 1. The van der Waals surface area contributed by atoms with Gasteiger partial charge in [-0.2, -0.15) is 0 Å². The van der Waals surface area contributed by atoms with E-state index in [-0.39, 0.29) is 10.9 Å². The summed E-state index contributed by atoms with van der Waals surface area (Å²) in [6.45, 7) is 0. The van der Waals surface area contributed by atoms with E-state index < -0.39 is 18.2 Å². The van der Waals surface area contributed by atoms with Gasteiger partial charge in [0.1, 0.15) is 11.9 Å². The van der Waals surface area contributed by atoms with Gasteiger partial charge in [-0.15, -0.1) is 0 Å². The van der Waals surface area contributed by atoms with Crippen LogP contribution in [0.25, 0.3) is 0 Å². The number of rotatable bonds is 5. The van der Waals surface area contributed by atoms with Crippen LogP contribution in [-0.2, 0) is 4.74 Å². The van der Waals surface area contributed by atoms with Crippen LogP contribution in [-0.4, -0.2) is 41.8 Å². The molecule has 0 saturated carbocycles. The van der Waals surface area contributed by atoms with E-state index in [1.54, 1.807) is 6.07 Å². The van der Waals surface area contributed by atoms with Gasteiger partial charge >= 0.3 is 5.97 Å². The van der Waals surface area contributed by atoms with Gasteiger partial charge < -0.3 is 19.7 Å². The first kappa shape index (κ1) is 14.9. The quantitative estimate of drug-likeness (QED) is 0.631. The van der Waals surface area contributed by atoms with Gasteiger partial charge in [0.25, 0.3) is 0 Å². The maximum atomic E-state index is 11.4. The topological polar surface area (TPSA) is 76.0 Å². The van der Waals surface area contributed by atoms with Crippen LogP contribution < -0.4 is 4.74 Å². The van der Waals surface area contributed by atoms with E-state index >= 15 is 0 Å². The number of aliphatic hydroxyl groups excluding tert-OH is 2. The number of halogens is 1. The maximum Gasteiger partial charge on any atom is 0.337 e. The molecule has 0 saturated heterocycles. The summed E-state index contributed by atoms with van der Waals surface area (Å²) in [5, 5.41) is 19.8. The molecule has 5 nitrogen and oxygen atoms in total. The van der Waals surface area contributed by atoms with Crippen LogP contribution in [0, 0.1) is 0 Å². The molecule has 1 rings (SSSR count). The molecule has 0 fully saturated rings. The van der Waals surface area contributed by atoms with Crippen molar-refractivity contribution in [3.63, 3.8) is 0 Å². The molecule has 0 radical (unpaired) electrons. The Bertz CT molecular complexity index is 421. The lowest BCUT2D eigenvalue weighted by atomic mass is 10.0. The van der Waals surface area contributed by atoms with Crippen LogP contribution in [0.1, 0.15) is 22.0 Å². The summed E-state index contributed by atoms with van der Waals surface area (Å²) in [5.41, 5.74) is 0.626. The first-order valence-electron chi connectivity index (χ1n) is 5.23. The molecule has 0 aliphatic heterocycles. The number of hydrogen-bond acceptors (Lipinski definition) is 5. The molecule has 2 unspecified atom stereocenters. The highest BCUT2D eigenvalue weighted by Gasteiger charge is 2.22. The van der Waals surface area contributed by atoms with Gasteiger partial charge in [0.15, 0.2) is 0 Å². The van der Waals surface area contributed by atoms with Crippen LogP contribution in [0.3, 0.4) is 0 Å². The van der Waals surface area contributed by atoms with Gasteiger partial charge in [0.2, 0.25) is 0 Å². The minimum absolute atomic E-state index is 0.208. The minimum Gasteiger partial charge on any atom is -0.496 e. The molecule has 100 valence electrons. The molecular formula is C12H15BrO5. The summed E-state index contributed by atoms with van der Waals surface area (Å²) in [6.07, 6.45) is -2.14. The summed E-state index contributed by atoms with van der Waals surface area (Å²) in [6, 6.07) is 4.52. The largest absolute Gasteiger partial charge is 0.496 e. The second-order valence-corrected chi connectivity index (χ2v) is 4.26. The zero-order valence-corrected chi connectivity index (χ0v) is 11.7. The first-order chi connectivity index (χ1) is 8.54. The van der Waals surface area contributed by atoms with Gasteiger partial charge in [-0.05, 0) is 18.2 Å². The van der Waals surface area contributed by atoms with E-state index in [1.165, 1.54) is 26.4 Å². The van der Waals surface area contributed by atoms with Crippen molar-refractivity contribution in [3.8, 4) is 5.75 Å². The normalized spacial score (nSPS) is 13.8. The van der Waals surface area contributed by atoms with E-state index in [2.05, 4.69) is 20.7 Å². The fourth-order valence-electron chi connectivity index (χ4n) is 1.50. The molecule has 0 aromatic heterocycles. The number of esters is 1. The Morgan fingerprint density at radius 3 is 2.56 bits per heavy atom. The summed E-state index contributed by atoms with van der Waals surface area (Å²) in [5.74, 6) is -0.116. The molecule has 18 heavy (non-hydrogen) atoms. The highest BCUT2D eigenvalue weighted by Crippen LogP contribution is 2.29. The molecule has 0 spiro atoms. The fourth-order valence-corrected chi connectivity index (χ4v) is 1.86. The van der Waals surface area contributed by atoms with E-state index in [1.807, 2.05) is 0 Å². The Labute approximate surface area is 113 Å². The first-order valence-corrected chi connectivity index (χ1v) is 6.35. The lowest BCUT2D eigenvalue weighted by Gasteiger charge is -2.19. The Hall–Kier alpha value is -1.11. The molecule has 0 amide bonds. The smallest absolute Gasteiger partial charge is 0.337 e. The highest BCUT2D eigenvalue weighted by atomic mass is 79.9. The molecule has 6 heteroatoms. The highest BCUT2D eigenvalue weighted by molar-refractivity contribution is 9.09. The second-order valence-electron chi connectivity index (χ2n) is 3.61. The number of benzene rings is 1. The van der Waals surface area contributed by atoms with Gasteiger partial charge in [0, 0.05) is 10.9 Å². The van der Waals surface area contributed by atoms with Gasteiger partial charge in [-0.3, -0.25) is 0 Å². The number of carbonyl (C=O) groups excluding carboxylic acids is 1. The van der Waals surface area contributed by atoms with Crippen LogP contribution in [0.2, 0.25) is 0 Å². The molecule has 2 N–H and O–H groups in total. The third-order valence-electron chi connectivity index (χ3n) is 2.49. The minimum atomic E-state index is -1.15. The molecule has 1 aromatic rings. The standard InChI is InChI=1S/C12H15BrO5/c1-17-10-4-3-7(12(16)18-2)5-8(10)11(15)9(14)6-13/h3-5,9,11,14-15H,6H2,1-2H3. The predicted molar refractivity (Wildman–Crippen MR) is 69.1 cm³/mol. The van der Waals surface area contributed by atoms with Crippen molar-refractivity contribution < 1.29 is 24.5 Å². The van der Waals surface area contributed by atoms with E-state index in [0.29, 0.717) is 11.3 Å². The second kappa shape index (κ2) is 6.72. The summed E-state index contributed by atoms with van der Waals surface area (Å²) in [7, 11) is 2.72. The van der Waals surface area contributed by atoms with Crippen molar-refractivity contribution in [3.05, 3.63) is 29.3 Å². The lowest BCUT2D eigenvalue weighted by molar-refractivity contribution is 0.0326. The lowest BCUT2D eigenvalue weighted by Crippen LogP contribution is -2.20. The van der Waals surface area contributed by atoms with Crippen LogP contribution in [0.5, 0.6) is 5.75 Å². The molecule has 0 aliphatic carbocycles. The van der Waals surface area contributed by atoms with Crippen LogP contribution in [0.15, 0.2) is 18.2 Å². The Morgan fingerprint density at radius 1 is 1.39 bits per heavy atom. The van der Waals surface area contributed by atoms with Gasteiger partial charge in [-0.25, -0.2) is 4.79 Å². The number of hydrogen-bond donors (Lipinski definition) is 2. The predicted octanol–water partition coefficient (Wildman–Crippen LogP) is 1.27. The van der Waals surface area contributed by atoms with Crippen LogP contribution >= 0.6 is 15.9 Å². The SMILES string of the molecule is COC(=O)c1ccc(OC)c(C(O)C(O)CBr)c1. The van der Waals surface area contributed by atoms with Gasteiger partial charge in [0.05, 0.1) is 25.9 Å². The number of aliphatic hydroxyl groups is 2. The number of methoxy groups -OCH3 is 2. The molecule has 2 atom stereocenters. The molecular weight excluding hydrogens is 304 g/mol. The van der Waals surface area contributed by atoms with Gasteiger partial charge in [-0.1, -0.05) is 15.9 Å². The molecule has 0 bridgehead atoms. The Balaban J connectivity index is 3.17. The number of alkyl halides is 1. The third kappa shape index (κ3) is 3.22. The van der Waals surface area contributed by atoms with Crippen molar-refractivity contribution >= 4 is 21.9 Å². The average molecular weight is 319 g/mol. The van der Waals surface area contributed by atoms with Crippen molar-refractivity contribution in [2.75, 3.05) is 19.5 Å². The monoisotopic (exact) mass is 318 g/mol. The third-order valence-corrected chi connectivity index (χ3v) is 3.16. The van der Waals surface area contributed by atoms with Crippen LogP contribution in [0.4, 0.5) is 0 Å². The molecule has 0 aliphatic rings. The summed E-state index contributed by atoms with van der Waals surface area (Å²) >= 11 is 3.08. The van der Waals surface area contributed by atoms with Crippen molar-refractivity contribution in [2.24, 2.45) is 0 Å². The van der Waals surface area contributed by atoms with E-state index in [9.17, 15) is 15.0 Å². The number of ether oxygens (including phenoxy) is 2. The van der Waals surface area contributed by atoms with Crippen molar-refractivity contribution in [1.29, 1.82) is 0 Å².